The Morgan fingerprint density at radius 1 is 1.56 bits per heavy atom. The Hall–Kier alpha value is -1.12. The van der Waals surface area contributed by atoms with Gasteiger partial charge in [-0.2, -0.15) is 0 Å². The van der Waals surface area contributed by atoms with E-state index in [2.05, 4.69) is 18.8 Å². The zero-order valence-electron chi connectivity index (χ0n) is 10.1. The Labute approximate surface area is 95.8 Å². The molecule has 16 heavy (non-hydrogen) atoms. The molecule has 3 heteroatoms. The molecule has 1 aromatic rings. The lowest BCUT2D eigenvalue weighted by Crippen LogP contribution is -2.18. The molecular weight excluding hydrogens is 205 g/mol. The summed E-state index contributed by atoms with van der Waals surface area (Å²) in [5.74, 6) is 0.856. The van der Waals surface area contributed by atoms with Crippen LogP contribution >= 0.6 is 0 Å². The van der Waals surface area contributed by atoms with Gasteiger partial charge in [-0.25, -0.2) is 9.37 Å². The third-order valence-corrected chi connectivity index (χ3v) is 3.89. The number of nitrogens with zero attached hydrogens (tertiary/aromatic N) is 1. The summed E-state index contributed by atoms with van der Waals surface area (Å²) in [6.07, 6.45) is 4.54. The van der Waals surface area contributed by atoms with Crippen molar-refractivity contribution in [3.8, 4) is 5.88 Å². The van der Waals surface area contributed by atoms with Crippen LogP contribution in [0.2, 0.25) is 0 Å². The summed E-state index contributed by atoms with van der Waals surface area (Å²) in [5, 5.41) is 0. The van der Waals surface area contributed by atoms with Crippen molar-refractivity contribution in [2.75, 3.05) is 7.11 Å². The maximum atomic E-state index is 13.3. The van der Waals surface area contributed by atoms with Gasteiger partial charge in [-0.05, 0) is 24.8 Å². The average Bonchev–Trinajstić information content (AvgIpc) is 3.09. The van der Waals surface area contributed by atoms with Crippen LogP contribution in [-0.2, 0) is 5.41 Å². The van der Waals surface area contributed by atoms with E-state index in [1.165, 1.54) is 6.20 Å². The number of rotatable bonds is 4. The second kappa shape index (κ2) is 4.04. The van der Waals surface area contributed by atoms with E-state index in [1.807, 2.05) is 0 Å². The van der Waals surface area contributed by atoms with Crippen LogP contribution in [0.3, 0.4) is 0 Å². The summed E-state index contributed by atoms with van der Waals surface area (Å²) in [6.45, 7) is 4.39. The Morgan fingerprint density at radius 3 is 2.75 bits per heavy atom. The lowest BCUT2D eigenvalue weighted by Gasteiger charge is -2.23. The summed E-state index contributed by atoms with van der Waals surface area (Å²) in [7, 11) is 1.59. The molecule has 1 atom stereocenters. The third-order valence-electron chi connectivity index (χ3n) is 3.89. The largest absolute Gasteiger partial charge is 0.481 e. The van der Waals surface area contributed by atoms with E-state index < -0.39 is 0 Å². The molecule has 0 N–H and O–H groups in total. The molecule has 2 nitrogen and oxygen atoms in total. The normalized spacial score (nSPS) is 19.2. The maximum Gasteiger partial charge on any atom is 0.216 e. The first kappa shape index (κ1) is 11.4. The lowest BCUT2D eigenvalue weighted by atomic mass is 9.82. The van der Waals surface area contributed by atoms with Crippen LogP contribution < -0.4 is 4.74 Å². The number of hydrogen-bond acceptors (Lipinski definition) is 2. The van der Waals surface area contributed by atoms with Gasteiger partial charge in [-0.15, -0.1) is 0 Å². The van der Waals surface area contributed by atoms with E-state index in [1.54, 1.807) is 13.2 Å². The summed E-state index contributed by atoms with van der Waals surface area (Å²) in [5.41, 5.74) is 1.05. The van der Waals surface area contributed by atoms with Crippen molar-refractivity contribution in [2.45, 2.75) is 38.5 Å². The Balaban J connectivity index is 2.43. The molecule has 1 saturated carbocycles. The molecule has 1 fully saturated rings. The number of halogens is 1. The zero-order valence-corrected chi connectivity index (χ0v) is 10.1. The first-order valence-corrected chi connectivity index (χ1v) is 5.84. The highest BCUT2D eigenvalue weighted by atomic mass is 19.1. The molecular formula is C13H18FNO. The van der Waals surface area contributed by atoms with Gasteiger partial charge in [0.05, 0.1) is 13.3 Å². The number of pyridine rings is 1. The fourth-order valence-corrected chi connectivity index (χ4v) is 2.50. The van der Waals surface area contributed by atoms with Gasteiger partial charge in [0.15, 0.2) is 0 Å². The van der Waals surface area contributed by atoms with Gasteiger partial charge in [0.25, 0.3) is 0 Å². The van der Waals surface area contributed by atoms with Crippen molar-refractivity contribution < 1.29 is 9.13 Å². The van der Waals surface area contributed by atoms with E-state index >= 15 is 0 Å². The fourth-order valence-electron chi connectivity index (χ4n) is 2.50. The van der Waals surface area contributed by atoms with E-state index in [-0.39, 0.29) is 11.2 Å². The van der Waals surface area contributed by atoms with Gasteiger partial charge in [-0.3, -0.25) is 0 Å². The summed E-state index contributed by atoms with van der Waals surface area (Å²) < 4.78 is 18.5. The fraction of sp³-hybridized carbons (Fsp3) is 0.615. The summed E-state index contributed by atoms with van der Waals surface area (Å²) in [4.78, 5) is 4.02. The summed E-state index contributed by atoms with van der Waals surface area (Å²) in [6, 6.07) is 1.59. The minimum Gasteiger partial charge on any atom is -0.481 e. The first-order valence-electron chi connectivity index (χ1n) is 5.84. The van der Waals surface area contributed by atoms with Crippen molar-refractivity contribution in [3.05, 3.63) is 23.6 Å². The molecule has 0 amide bonds. The molecule has 1 unspecified atom stereocenters. The van der Waals surface area contributed by atoms with Crippen molar-refractivity contribution in [3.63, 3.8) is 0 Å². The van der Waals surface area contributed by atoms with Crippen molar-refractivity contribution in [1.29, 1.82) is 0 Å². The van der Waals surface area contributed by atoms with Crippen molar-refractivity contribution >= 4 is 0 Å². The average molecular weight is 223 g/mol. The zero-order chi connectivity index (χ0) is 11.8. The third kappa shape index (κ3) is 1.68. The highest BCUT2D eigenvalue weighted by Crippen LogP contribution is 2.56. The lowest BCUT2D eigenvalue weighted by molar-refractivity contribution is 0.361. The van der Waals surface area contributed by atoms with Gasteiger partial charge >= 0.3 is 0 Å². The number of aromatic nitrogens is 1. The molecule has 0 aliphatic heterocycles. The molecule has 1 aliphatic carbocycles. The topological polar surface area (TPSA) is 22.1 Å². The number of ether oxygens (including phenoxy) is 1. The van der Waals surface area contributed by atoms with Gasteiger partial charge in [0.1, 0.15) is 5.82 Å². The van der Waals surface area contributed by atoms with Crippen LogP contribution in [0.5, 0.6) is 5.88 Å². The SMILES string of the molecule is CCC(C)C1(c2cc(F)cnc2OC)CC1. The van der Waals surface area contributed by atoms with E-state index in [4.69, 9.17) is 4.74 Å². The van der Waals surface area contributed by atoms with Crippen LogP contribution in [0.25, 0.3) is 0 Å². The predicted molar refractivity (Wildman–Crippen MR) is 61.1 cm³/mol. The van der Waals surface area contributed by atoms with Crippen LogP contribution in [0, 0.1) is 11.7 Å². The quantitative estimate of drug-likeness (QED) is 0.781. The molecule has 0 radical (unpaired) electrons. The molecule has 1 heterocycles. The van der Waals surface area contributed by atoms with Gasteiger partial charge in [0.2, 0.25) is 5.88 Å². The highest BCUT2D eigenvalue weighted by molar-refractivity contribution is 5.39. The molecule has 2 rings (SSSR count). The molecule has 0 bridgehead atoms. The van der Waals surface area contributed by atoms with Gasteiger partial charge in [0, 0.05) is 11.0 Å². The van der Waals surface area contributed by atoms with Crippen molar-refractivity contribution in [2.24, 2.45) is 5.92 Å². The van der Waals surface area contributed by atoms with E-state index in [0.717, 1.165) is 24.8 Å². The minimum absolute atomic E-state index is 0.106. The van der Waals surface area contributed by atoms with Crippen LogP contribution in [0.1, 0.15) is 38.7 Å². The van der Waals surface area contributed by atoms with E-state index in [9.17, 15) is 4.39 Å². The molecule has 0 saturated heterocycles. The second-order valence-corrected chi connectivity index (χ2v) is 4.68. The van der Waals surface area contributed by atoms with Crippen LogP contribution in [0.15, 0.2) is 12.3 Å². The highest BCUT2D eigenvalue weighted by Gasteiger charge is 2.50. The second-order valence-electron chi connectivity index (χ2n) is 4.68. The molecule has 88 valence electrons. The standard InChI is InChI=1S/C13H18FNO/c1-4-9(2)13(5-6-13)11-7-10(14)8-15-12(11)16-3/h7-9H,4-6H2,1-3H3. The van der Waals surface area contributed by atoms with Crippen LogP contribution in [0.4, 0.5) is 4.39 Å². The number of methoxy groups -OCH3 is 1. The van der Waals surface area contributed by atoms with Gasteiger partial charge < -0.3 is 4.74 Å². The number of hydrogen-bond donors (Lipinski definition) is 0. The minimum atomic E-state index is -0.273. The van der Waals surface area contributed by atoms with Crippen LogP contribution in [-0.4, -0.2) is 12.1 Å². The van der Waals surface area contributed by atoms with Gasteiger partial charge in [-0.1, -0.05) is 20.3 Å². The van der Waals surface area contributed by atoms with Crippen molar-refractivity contribution in [1.82, 2.24) is 4.98 Å². The maximum absolute atomic E-state index is 13.3. The molecule has 1 aromatic heterocycles. The first-order chi connectivity index (χ1) is 7.64. The van der Waals surface area contributed by atoms with E-state index in [0.29, 0.717) is 11.8 Å². The predicted octanol–water partition coefficient (Wildman–Crippen LogP) is 3.31. The Kier molecular flexibility index (Phi) is 2.87. The monoisotopic (exact) mass is 223 g/mol. The Morgan fingerprint density at radius 2 is 2.25 bits per heavy atom. The Bertz CT molecular complexity index is 388. The summed E-state index contributed by atoms with van der Waals surface area (Å²) >= 11 is 0. The smallest absolute Gasteiger partial charge is 0.216 e. The molecule has 0 aromatic carbocycles. The molecule has 0 spiro atoms. The molecule has 1 aliphatic rings.